The summed E-state index contributed by atoms with van der Waals surface area (Å²) >= 11 is 0. The Bertz CT molecular complexity index is 435. The van der Waals surface area contributed by atoms with Crippen LogP contribution in [0.1, 0.15) is 19.2 Å². The van der Waals surface area contributed by atoms with Crippen molar-refractivity contribution in [2.75, 3.05) is 33.4 Å². The molecule has 0 fully saturated rings. The molecule has 0 aromatic carbocycles. The third-order valence-corrected chi connectivity index (χ3v) is 2.85. The highest BCUT2D eigenvalue weighted by molar-refractivity contribution is 14.0. The predicted octanol–water partition coefficient (Wildman–Crippen LogP) is 1.22. The summed E-state index contributed by atoms with van der Waals surface area (Å²) in [6, 6.07) is 0. The van der Waals surface area contributed by atoms with Crippen LogP contribution in [-0.2, 0) is 17.7 Å². The molecule has 0 bridgehead atoms. The Morgan fingerprint density at radius 2 is 2.32 bits per heavy atom. The van der Waals surface area contributed by atoms with Gasteiger partial charge in [0.2, 0.25) is 0 Å². The number of guanidine groups is 1. The van der Waals surface area contributed by atoms with Crippen LogP contribution in [0, 0.1) is 0 Å². The average molecular weight is 422 g/mol. The largest absolute Gasteiger partial charge is 0.385 e. The van der Waals surface area contributed by atoms with Crippen LogP contribution in [-0.4, -0.2) is 54.1 Å². The van der Waals surface area contributed by atoms with E-state index >= 15 is 0 Å². The highest BCUT2D eigenvalue weighted by Gasteiger charge is 2.02. The van der Waals surface area contributed by atoms with Crippen molar-refractivity contribution in [3.63, 3.8) is 0 Å². The first-order valence-electron chi connectivity index (χ1n) is 7.30. The molecule has 22 heavy (non-hydrogen) atoms. The molecule has 8 heteroatoms. The van der Waals surface area contributed by atoms with E-state index in [2.05, 4.69) is 39.3 Å². The predicted molar refractivity (Wildman–Crippen MR) is 99.8 cm³/mol. The molecule has 0 aliphatic carbocycles. The quantitative estimate of drug-likeness (QED) is 0.195. The van der Waals surface area contributed by atoms with E-state index < -0.39 is 0 Å². The number of hydrogen-bond acceptors (Lipinski definition) is 4. The third kappa shape index (κ3) is 8.32. The van der Waals surface area contributed by atoms with Gasteiger partial charge >= 0.3 is 0 Å². The zero-order valence-corrected chi connectivity index (χ0v) is 15.7. The van der Waals surface area contributed by atoms with E-state index in [1.807, 2.05) is 4.57 Å². The van der Waals surface area contributed by atoms with Gasteiger partial charge in [-0.3, -0.25) is 4.99 Å². The van der Waals surface area contributed by atoms with Gasteiger partial charge in [-0.15, -0.1) is 40.8 Å². The van der Waals surface area contributed by atoms with Gasteiger partial charge in [0.25, 0.3) is 0 Å². The summed E-state index contributed by atoms with van der Waals surface area (Å²) in [4.78, 5) is 4.49. The van der Waals surface area contributed by atoms with Crippen molar-refractivity contribution in [3.05, 3.63) is 24.8 Å². The Kier molecular flexibility index (Phi) is 12.8. The van der Waals surface area contributed by atoms with Crippen molar-refractivity contribution in [1.29, 1.82) is 0 Å². The molecule has 7 nitrogen and oxygen atoms in total. The normalized spacial score (nSPS) is 10.9. The first-order chi connectivity index (χ1) is 10.3. The fourth-order valence-electron chi connectivity index (χ4n) is 1.78. The Morgan fingerprint density at radius 3 is 3.00 bits per heavy atom. The maximum Gasteiger partial charge on any atom is 0.191 e. The maximum atomic E-state index is 5.02. The third-order valence-electron chi connectivity index (χ3n) is 2.85. The number of methoxy groups -OCH3 is 1. The molecule has 0 atom stereocenters. The molecule has 0 amide bonds. The molecule has 1 rings (SSSR count). The zero-order valence-electron chi connectivity index (χ0n) is 13.4. The number of hydrogen-bond donors (Lipinski definition) is 2. The van der Waals surface area contributed by atoms with E-state index in [-0.39, 0.29) is 24.0 Å². The summed E-state index contributed by atoms with van der Waals surface area (Å²) in [6.45, 7) is 9.48. The first kappa shape index (κ1) is 20.8. The van der Waals surface area contributed by atoms with Crippen LogP contribution in [0.3, 0.4) is 0 Å². The maximum absolute atomic E-state index is 5.02. The van der Waals surface area contributed by atoms with Crippen LogP contribution in [0.2, 0.25) is 0 Å². The van der Waals surface area contributed by atoms with E-state index in [1.54, 1.807) is 19.5 Å². The average Bonchev–Trinajstić information content (AvgIpc) is 2.95. The van der Waals surface area contributed by atoms with Gasteiger partial charge < -0.3 is 19.9 Å². The van der Waals surface area contributed by atoms with Crippen LogP contribution >= 0.6 is 24.0 Å². The molecule has 0 spiro atoms. The molecule has 0 aliphatic rings. The summed E-state index contributed by atoms with van der Waals surface area (Å²) < 4.78 is 7.06. The highest BCUT2D eigenvalue weighted by atomic mass is 127. The monoisotopic (exact) mass is 422 g/mol. The SMILES string of the molecule is C=CCNC(=NCCCOC)NCCn1cnnc1CC.I. The summed E-state index contributed by atoms with van der Waals surface area (Å²) in [5.74, 6) is 1.78. The molecule has 0 unspecified atom stereocenters. The van der Waals surface area contributed by atoms with Crippen molar-refractivity contribution >= 4 is 29.9 Å². The molecular formula is C14H27IN6O. The van der Waals surface area contributed by atoms with Crippen LogP contribution in [0.15, 0.2) is 24.0 Å². The standard InChI is InChI=1S/C14H26N6O.HI/c1-4-7-15-14(16-8-6-11-21-3)17-9-10-20-12-18-19-13(20)5-2;/h4,12H,1,5-11H2,2-3H3,(H2,15,16,17);1H. The Morgan fingerprint density at radius 1 is 1.50 bits per heavy atom. The number of halogens is 1. The van der Waals surface area contributed by atoms with E-state index in [0.717, 1.165) is 50.9 Å². The van der Waals surface area contributed by atoms with Crippen molar-refractivity contribution in [3.8, 4) is 0 Å². The van der Waals surface area contributed by atoms with Crippen molar-refractivity contribution in [2.24, 2.45) is 4.99 Å². The Labute approximate surface area is 149 Å². The number of ether oxygens (including phenoxy) is 1. The first-order valence-corrected chi connectivity index (χ1v) is 7.30. The molecule has 0 saturated heterocycles. The molecule has 0 radical (unpaired) electrons. The number of aryl methyl sites for hydroxylation is 1. The van der Waals surface area contributed by atoms with Gasteiger partial charge in [0, 0.05) is 46.3 Å². The minimum absolute atomic E-state index is 0. The minimum Gasteiger partial charge on any atom is -0.385 e. The zero-order chi connectivity index (χ0) is 15.3. The second-order valence-corrected chi connectivity index (χ2v) is 4.47. The summed E-state index contributed by atoms with van der Waals surface area (Å²) in [5.41, 5.74) is 0. The Hall–Kier alpha value is -1.16. The van der Waals surface area contributed by atoms with Crippen molar-refractivity contribution < 1.29 is 4.74 Å². The van der Waals surface area contributed by atoms with Crippen LogP contribution in [0.5, 0.6) is 0 Å². The second kappa shape index (κ2) is 13.5. The molecule has 126 valence electrons. The van der Waals surface area contributed by atoms with E-state index in [9.17, 15) is 0 Å². The lowest BCUT2D eigenvalue weighted by molar-refractivity contribution is 0.197. The van der Waals surface area contributed by atoms with Crippen LogP contribution in [0.4, 0.5) is 0 Å². The van der Waals surface area contributed by atoms with Crippen LogP contribution in [0.25, 0.3) is 0 Å². The van der Waals surface area contributed by atoms with E-state index in [0.29, 0.717) is 6.54 Å². The van der Waals surface area contributed by atoms with Gasteiger partial charge in [-0.2, -0.15) is 0 Å². The van der Waals surface area contributed by atoms with E-state index in [4.69, 9.17) is 4.74 Å². The minimum atomic E-state index is 0. The van der Waals surface area contributed by atoms with Gasteiger partial charge in [0.05, 0.1) is 0 Å². The number of nitrogens with one attached hydrogen (secondary N) is 2. The number of rotatable bonds is 10. The Balaban J connectivity index is 0.00000441. The fourth-order valence-corrected chi connectivity index (χ4v) is 1.78. The molecule has 1 heterocycles. The molecular weight excluding hydrogens is 395 g/mol. The smallest absolute Gasteiger partial charge is 0.191 e. The van der Waals surface area contributed by atoms with Gasteiger partial charge in [0.15, 0.2) is 5.96 Å². The number of aromatic nitrogens is 3. The molecule has 1 aromatic heterocycles. The lowest BCUT2D eigenvalue weighted by atomic mass is 10.4. The molecule has 2 N–H and O–H groups in total. The van der Waals surface area contributed by atoms with Gasteiger partial charge in [-0.25, -0.2) is 0 Å². The number of nitrogens with zero attached hydrogens (tertiary/aromatic N) is 4. The molecule has 1 aromatic rings. The molecule has 0 saturated carbocycles. The summed E-state index contributed by atoms with van der Waals surface area (Å²) in [6.07, 6.45) is 5.35. The lowest BCUT2D eigenvalue weighted by Crippen LogP contribution is -2.39. The lowest BCUT2D eigenvalue weighted by Gasteiger charge is -2.12. The summed E-state index contributed by atoms with van der Waals surface area (Å²) in [7, 11) is 1.70. The molecule has 0 aliphatic heterocycles. The second-order valence-electron chi connectivity index (χ2n) is 4.47. The van der Waals surface area contributed by atoms with Gasteiger partial charge in [-0.1, -0.05) is 13.0 Å². The fraction of sp³-hybridized carbons (Fsp3) is 0.643. The summed E-state index contributed by atoms with van der Waals surface area (Å²) in [5, 5.41) is 14.5. The highest BCUT2D eigenvalue weighted by Crippen LogP contribution is 1.94. The van der Waals surface area contributed by atoms with Crippen molar-refractivity contribution in [2.45, 2.75) is 26.3 Å². The number of aliphatic imine (C=N–C) groups is 1. The topological polar surface area (TPSA) is 76.4 Å². The van der Waals surface area contributed by atoms with Crippen molar-refractivity contribution in [1.82, 2.24) is 25.4 Å². The van der Waals surface area contributed by atoms with Gasteiger partial charge in [-0.05, 0) is 6.42 Å². The van der Waals surface area contributed by atoms with E-state index in [1.165, 1.54) is 0 Å². The van der Waals surface area contributed by atoms with Gasteiger partial charge in [0.1, 0.15) is 12.2 Å². The van der Waals surface area contributed by atoms with Crippen LogP contribution < -0.4 is 10.6 Å².